The van der Waals surface area contributed by atoms with Crippen molar-refractivity contribution in [2.45, 2.75) is 20.5 Å². The van der Waals surface area contributed by atoms with Crippen LogP contribution in [0, 0.1) is 0 Å². The van der Waals surface area contributed by atoms with Crippen molar-refractivity contribution in [3.8, 4) is 0 Å². The minimum absolute atomic E-state index is 0.503. The third kappa shape index (κ3) is 5.42. The monoisotopic (exact) mass is 254 g/mol. The van der Waals surface area contributed by atoms with E-state index in [1.54, 1.807) is 0 Å². The van der Waals surface area contributed by atoms with Gasteiger partial charge in [0.05, 0.1) is 19.8 Å². The van der Waals surface area contributed by atoms with E-state index in [2.05, 4.69) is 6.58 Å². The average molecular weight is 254 g/mol. The fraction of sp³-hybridized carbons (Fsp3) is 0.385. The predicted octanol–water partition coefficient (Wildman–Crippen LogP) is 4.15. The van der Waals surface area contributed by atoms with Crippen molar-refractivity contribution in [2.24, 2.45) is 0 Å². The number of rotatable bonds is 8. The maximum atomic E-state index is 5.58. The lowest BCUT2D eigenvalue weighted by molar-refractivity contribution is 0.164. The minimum Gasteiger partial charge on any atom is -0.313 e. The highest BCUT2D eigenvalue weighted by atomic mass is 31.2. The molecule has 0 fully saturated rings. The van der Waals surface area contributed by atoms with Crippen LogP contribution < -0.4 is 0 Å². The van der Waals surface area contributed by atoms with Crippen LogP contribution in [0.1, 0.15) is 25.0 Å². The molecule has 0 aliphatic carbocycles. The van der Waals surface area contributed by atoms with E-state index in [9.17, 15) is 0 Å². The number of hydrogen-bond donors (Lipinski definition) is 0. The van der Waals surface area contributed by atoms with Crippen molar-refractivity contribution >= 4 is 14.7 Å². The summed E-state index contributed by atoms with van der Waals surface area (Å²) >= 11 is 0. The van der Waals surface area contributed by atoms with Gasteiger partial charge in [0.15, 0.2) is 0 Å². The van der Waals surface area contributed by atoms with Crippen LogP contribution in [0.2, 0.25) is 0 Å². The number of hydrogen-bond acceptors (Lipinski definition) is 3. The van der Waals surface area contributed by atoms with Crippen molar-refractivity contribution in [1.82, 2.24) is 0 Å². The van der Waals surface area contributed by atoms with Crippen LogP contribution in [-0.2, 0) is 20.2 Å². The standard InChI is InChI=1S/C13H19O3P/c1-4-12-7-9-13(10-8-12)11-16-17(14-5-2)15-6-3/h4,7-10H,1,5-6,11H2,2-3H3. The zero-order chi connectivity index (χ0) is 12.5. The molecule has 4 heteroatoms. The summed E-state index contributed by atoms with van der Waals surface area (Å²) in [6.45, 7) is 9.27. The van der Waals surface area contributed by atoms with Gasteiger partial charge >= 0.3 is 8.60 Å². The van der Waals surface area contributed by atoms with Gasteiger partial charge in [0, 0.05) is 0 Å². The Morgan fingerprint density at radius 2 is 1.65 bits per heavy atom. The lowest BCUT2D eigenvalue weighted by Crippen LogP contribution is -1.96. The van der Waals surface area contributed by atoms with Gasteiger partial charge in [-0.3, -0.25) is 0 Å². The maximum Gasteiger partial charge on any atom is 0.332 e. The maximum absolute atomic E-state index is 5.58. The van der Waals surface area contributed by atoms with Crippen LogP contribution in [0.25, 0.3) is 6.08 Å². The molecule has 17 heavy (non-hydrogen) atoms. The van der Waals surface area contributed by atoms with Gasteiger partial charge in [-0.25, -0.2) is 0 Å². The van der Waals surface area contributed by atoms with E-state index in [-0.39, 0.29) is 0 Å². The molecule has 0 N–H and O–H groups in total. The second kappa shape index (κ2) is 8.37. The van der Waals surface area contributed by atoms with Crippen LogP contribution in [-0.4, -0.2) is 13.2 Å². The molecular formula is C13H19O3P. The largest absolute Gasteiger partial charge is 0.332 e. The average Bonchev–Trinajstić information content (AvgIpc) is 2.37. The molecule has 3 nitrogen and oxygen atoms in total. The SMILES string of the molecule is C=Cc1ccc(COP(OCC)OCC)cc1. The van der Waals surface area contributed by atoms with E-state index in [0.29, 0.717) is 19.8 Å². The Morgan fingerprint density at radius 3 is 2.12 bits per heavy atom. The molecule has 1 rings (SSSR count). The van der Waals surface area contributed by atoms with Crippen molar-refractivity contribution < 1.29 is 13.6 Å². The first kappa shape index (κ1) is 14.3. The highest BCUT2D eigenvalue weighted by molar-refractivity contribution is 7.41. The van der Waals surface area contributed by atoms with Gasteiger partial charge in [-0.05, 0) is 25.0 Å². The van der Waals surface area contributed by atoms with E-state index in [1.165, 1.54) is 0 Å². The Balaban J connectivity index is 2.43. The topological polar surface area (TPSA) is 27.7 Å². The second-order valence-corrected chi connectivity index (χ2v) is 4.50. The van der Waals surface area contributed by atoms with Crippen LogP contribution in [0.5, 0.6) is 0 Å². The van der Waals surface area contributed by atoms with Crippen LogP contribution >= 0.6 is 8.60 Å². The van der Waals surface area contributed by atoms with Gasteiger partial charge in [-0.1, -0.05) is 36.9 Å². The first-order valence-corrected chi connectivity index (χ1v) is 6.80. The molecule has 0 saturated carbocycles. The van der Waals surface area contributed by atoms with Gasteiger partial charge < -0.3 is 13.6 Å². The molecule has 94 valence electrons. The molecule has 0 aromatic heterocycles. The zero-order valence-corrected chi connectivity index (χ0v) is 11.3. The molecule has 0 saturated heterocycles. The summed E-state index contributed by atoms with van der Waals surface area (Å²) in [4.78, 5) is 0. The summed E-state index contributed by atoms with van der Waals surface area (Å²) < 4.78 is 16.3. The molecule has 0 unspecified atom stereocenters. The van der Waals surface area contributed by atoms with Crippen molar-refractivity contribution in [1.29, 1.82) is 0 Å². The van der Waals surface area contributed by atoms with E-state index in [4.69, 9.17) is 13.6 Å². The van der Waals surface area contributed by atoms with Crippen LogP contribution in [0.15, 0.2) is 30.8 Å². The third-order valence-electron chi connectivity index (χ3n) is 2.02. The lowest BCUT2D eigenvalue weighted by atomic mass is 10.1. The highest BCUT2D eigenvalue weighted by Crippen LogP contribution is 2.40. The fourth-order valence-corrected chi connectivity index (χ4v) is 2.10. The molecular weight excluding hydrogens is 235 g/mol. The number of benzene rings is 1. The van der Waals surface area contributed by atoms with Crippen molar-refractivity contribution in [3.05, 3.63) is 42.0 Å². The quantitative estimate of drug-likeness (QED) is 0.652. The molecule has 1 aromatic carbocycles. The van der Waals surface area contributed by atoms with Gasteiger partial charge in [-0.15, -0.1) is 0 Å². The Hall–Kier alpha value is -0.730. The molecule has 0 aliphatic heterocycles. The van der Waals surface area contributed by atoms with Crippen LogP contribution in [0.3, 0.4) is 0 Å². The summed E-state index contributed by atoms with van der Waals surface area (Å²) in [7, 11) is -1.22. The fourth-order valence-electron chi connectivity index (χ4n) is 1.20. The van der Waals surface area contributed by atoms with Crippen molar-refractivity contribution in [3.63, 3.8) is 0 Å². The summed E-state index contributed by atoms with van der Waals surface area (Å²) in [5.41, 5.74) is 2.20. The Kier molecular flexibility index (Phi) is 7.06. The second-order valence-electron chi connectivity index (χ2n) is 3.28. The van der Waals surface area contributed by atoms with Crippen LogP contribution in [0.4, 0.5) is 0 Å². The van der Waals surface area contributed by atoms with E-state index in [1.807, 2.05) is 44.2 Å². The molecule has 0 heterocycles. The molecule has 0 bridgehead atoms. The summed E-state index contributed by atoms with van der Waals surface area (Å²) in [6, 6.07) is 8.05. The van der Waals surface area contributed by atoms with E-state index < -0.39 is 8.60 Å². The first-order chi connectivity index (χ1) is 8.30. The molecule has 1 aromatic rings. The Morgan fingerprint density at radius 1 is 1.06 bits per heavy atom. The predicted molar refractivity (Wildman–Crippen MR) is 71.5 cm³/mol. The Bertz CT molecular complexity index is 318. The lowest BCUT2D eigenvalue weighted by Gasteiger charge is -2.14. The van der Waals surface area contributed by atoms with Crippen molar-refractivity contribution in [2.75, 3.05) is 13.2 Å². The van der Waals surface area contributed by atoms with Gasteiger partial charge in [0.25, 0.3) is 0 Å². The van der Waals surface area contributed by atoms with Gasteiger partial charge in [0.1, 0.15) is 0 Å². The summed E-state index contributed by atoms with van der Waals surface area (Å²) in [5.74, 6) is 0. The molecule has 0 amide bonds. The third-order valence-corrected chi connectivity index (χ3v) is 3.30. The smallest absolute Gasteiger partial charge is 0.313 e. The first-order valence-electron chi connectivity index (χ1n) is 5.70. The Labute approximate surface area is 104 Å². The molecule has 0 atom stereocenters. The zero-order valence-electron chi connectivity index (χ0n) is 10.4. The molecule has 0 aliphatic rings. The minimum atomic E-state index is -1.22. The molecule has 0 radical (unpaired) electrons. The van der Waals surface area contributed by atoms with Gasteiger partial charge in [-0.2, -0.15) is 0 Å². The van der Waals surface area contributed by atoms with E-state index >= 15 is 0 Å². The summed E-state index contributed by atoms with van der Waals surface area (Å²) in [5, 5.41) is 0. The normalized spacial score (nSPS) is 10.8. The summed E-state index contributed by atoms with van der Waals surface area (Å²) in [6.07, 6.45) is 1.82. The van der Waals surface area contributed by atoms with E-state index in [0.717, 1.165) is 11.1 Å². The molecule has 0 spiro atoms. The van der Waals surface area contributed by atoms with Gasteiger partial charge in [0.2, 0.25) is 0 Å². The highest BCUT2D eigenvalue weighted by Gasteiger charge is 2.10.